The van der Waals surface area contributed by atoms with Crippen molar-refractivity contribution in [3.63, 3.8) is 0 Å². The van der Waals surface area contributed by atoms with Gasteiger partial charge in [-0.2, -0.15) is 0 Å². The normalized spacial score (nSPS) is 11.9. The van der Waals surface area contributed by atoms with Gasteiger partial charge in [-0.15, -0.1) is 0 Å². The third-order valence-electron chi connectivity index (χ3n) is 2.16. The Kier molecular flexibility index (Phi) is 3.97. The molecule has 0 atom stereocenters. The molecule has 1 nitrogen and oxygen atoms in total. The fourth-order valence-corrected chi connectivity index (χ4v) is 1.33. The molecule has 0 aliphatic rings. The zero-order valence-electron chi connectivity index (χ0n) is 9.70. The summed E-state index contributed by atoms with van der Waals surface area (Å²) in [5.74, 6) is -3.63. The minimum atomic E-state index is -1.40. The van der Waals surface area contributed by atoms with E-state index in [1.54, 1.807) is 0 Å². The molecule has 1 rings (SSSR count). The molecule has 0 aromatic heterocycles. The van der Waals surface area contributed by atoms with Gasteiger partial charge in [0.2, 0.25) is 0 Å². The molecule has 0 fully saturated rings. The molecule has 90 valence electrons. The second-order valence-corrected chi connectivity index (χ2v) is 4.76. The summed E-state index contributed by atoms with van der Waals surface area (Å²) in [7, 11) is 0. The molecule has 16 heavy (non-hydrogen) atoms. The van der Waals surface area contributed by atoms with Crippen LogP contribution in [0.2, 0.25) is 0 Å². The lowest BCUT2D eigenvalue weighted by Gasteiger charge is -2.20. The van der Waals surface area contributed by atoms with Crippen LogP contribution >= 0.6 is 0 Å². The minimum absolute atomic E-state index is 0.0744. The number of hydrogen-bond donors (Lipinski definition) is 1. The SMILES string of the molecule is CC(C)(C)NCCc1ccc(F)c(F)c1F. The Morgan fingerprint density at radius 1 is 1.06 bits per heavy atom. The first-order valence-electron chi connectivity index (χ1n) is 5.18. The first-order chi connectivity index (χ1) is 7.31. The van der Waals surface area contributed by atoms with Crippen molar-refractivity contribution in [3.8, 4) is 0 Å². The van der Waals surface area contributed by atoms with Crippen LogP contribution in [0.3, 0.4) is 0 Å². The summed E-state index contributed by atoms with van der Waals surface area (Å²) in [5.41, 5.74) is 0.116. The molecule has 0 heterocycles. The van der Waals surface area contributed by atoms with Gasteiger partial charge in [0.15, 0.2) is 17.5 Å². The Morgan fingerprint density at radius 3 is 2.25 bits per heavy atom. The standard InChI is InChI=1S/C12H16F3N/c1-12(2,3)16-7-6-8-4-5-9(13)11(15)10(8)14/h4-5,16H,6-7H2,1-3H3. The van der Waals surface area contributed by atoms with E-state index in [4.69, 9.17) is 0 Å². The number of benzene rings is 1. The first-order valence-corrected chi connectivity index (χ1v) is 5.18. The smallest absolute Gasteiger partial charge is 0.194 e. The number of nitrogens with one attached hydrogen (secondary N) is 1. The van der Waals surface area contributed by atoms with Gasteiger partial charge in [0.05, 0.1) is 0 Å². The largest absolute Gasteiger partial charge is 0.312 e. The highest BCUT2D eigenvalue weighted by Gasteiger charge is 2.14. The van der Waals surface area contributed by atoms with Crippen molar-refractivity contribution in [3.05, 3.63) is 35.1 Å². The lowest BCUT2D eigenvalue weighted by molar-refractivity contribution is 0.418. The number of rotatable bonds is 3. The topological polar surface area (TPSA) is 12.0 Å². The highest BCUT2D eigenvalue weighted by atomic mass is 19.2. The van der Waals surface area contributed by atoms with Gasteiger partial charge in [0.25, 0.3) is 0 Å². The lowest BCUT2D eigenvalue weighted by atomic mass is 10.1. The molecular weight excluding hydrogens is 215 g/mol. The molecule has 0 unspecified atom stereocenters. The van der Waals surface area contributed by atoms with E-state index in [-0.39, 0.29) is 11.1 Å². The Morgan fingerprint density at radius 2 is 1.69 bits per heavy atom. The molecule has 0 bridgehead atoms. The number of halogens is 3. The molecule has 0 aliphatic carbocycles. The van der Waals surface area contributed by atoms with E-state index in [0.717, 1.165) is 6.07 Å². The van der Waals surface area contributed by atoms with Gasteiger partial charge in [-0.1, -0.05) is 6.07 Å². The van der Waals surface area contributed by atoms with Crippen LogP contribution < -0.4 is 5.32 Å². The van der Waals surface area contributed by atoms with Crippen LogP contribution in [0.5, 0.6) is 0 Å². The Bertz CT molecular complexity index is 369. The molecule has 0 aliphatic heterocycles. The summed E-state index contributed by atoms with van der Waals surface area (Å²) in [6.45, 7) is 6.46. The third kappa shape index (κ3) is 3.52. The van der Waals surface area contributed by atoms with Gasteiger partial charge in [-0.3, -0.25) is 0 Å². The lowest BCUT2D eigenvalue weighted by Crippen LogP contribution is -2.37. The zero-order chi connectivity index (χ0) is 12.3. The molecule has 4 heteroatoms. The summed E-state index contributed by atoms with van der Waals surface area (Å²) in [5, 5.41) is 3.15. The monoisotopic (exact) mass is 231 g/mol. The minimum Gasteiger partial charge on any atom is -0.312 e. The molecular formula is C12H16F3N. The van der Waals surface area contributed by atoms with Crippen LogP contribution in [-0.4, -0.2) is 12.1 Å². The molecule has 0 amide bonds. The van der Waals surface area contributed by atoms with Crippen LogP contribution in [0.1, 0.15) is 26.3 Å². The highest BCUT2D eigenvalue weighted by molar-refractivity contribution is 5.20. The summed E-state index contributed by atoms with van der Waals surface area (Å²) >= 11 is 0. The average Bonchev–Trinajstić information content (AvgIpc) is 2.16. The maximum atomic E-state index is 13.2. The van der Waals surface area contributed by atoms with Crippen molar-refractivity contribution in [1.29, 1.82) is 0 Å². The molecule has 0 saturated carbocycles. The van der Waals surface area contributed by atoms with Gasteiger partial charge in [-0.25, -0.2) is 13.2 Å². The van der Waals surface area contributed by atoms with Crippen molar-refractivity contribution >= 4 is 0 Å². The second kappa shape index (κ2) is 4.87. The summed E-state index contributed by atoms with van der Waals surface area (Å²) in [6, 6.07) is 2.23. The summed E-state index contributed by atoms with van der Waals surface area (Å²) in [6.07, 6.45) is 0.334. The van der Waals surface area contributed by atoms with Gasteiger partial charge in [0.1, 0.15) is 0 Å². The van der Waals surface area contributed by atoms with Crippen molar-refractivity contribution in [2.45, 2.75) is 32.7 Å². The number of hydrogen-bond acceptors (Lipinski definition) is 1. The van der Waals surface area contributed by atoms with Crippen LogP contribution in [0.25, 0.3) is 0 Å². The van der Waals surface area contributed by atoms with Crippen LogP contribution in [-0.2, 0) is 6.42 Å². The van der Waals surface area contributed by atoms with Gasteiger partial charge >= 0.3 is 0 Å². The first kappa shape index (κ1) is 13.0. The fraction of sp³-hybridized carbons (Fsp3) is 0.500. The Hall–Kier alpha value is -1.03. The van der Waals surface area contributed by atoms with Gasteiger partial charge in [0, 0.05) is 5.54 Å². The predicted molar refractivity (Wildman–Crippen MR) is 57.8 cm³/mol. The Labute approximate surface area is 93.7 Å². The fourth-order valence-electron chi connectivity index (χ4n) is 1.33. The Balaban J connectivity index is 2.65. The maximum Gasteiger partial charge on any atom is 0.194 e. The van der Waals surface area contributed by atoms with Crippen molar-refractivity contribution in [2.24, 2.45) is 0 Å². The molecule has 0 saturated heterocycles. The van der Waals surface area contributed by atoms with E-state index in [2.05, 4.69) is 5.32 Å². The van der Waals surface area contributed by atoms with Gasteiger partial charge in [-0.05, 0) is 45.4 Å². The average molecular weight is 231 g/mol. The van der Waals surface area contributed by atoms with E-state index in [0.29, 0.717) is 13.0 Å². The van der Waals surface area contributed by atoms with E-state index in [1.807, 2.05) is 20.8 Å². The second-order valence-electron chi connectivity index (χ2n) is 4.76. The summed E-state index contributed by atoms with van der Waals surface area (Å²) < 4.78 is 38.8. The molecule has 1 aromatic rings. The quantitative estimate of drug-likeness (QED) is 0.788. The van der Waals surface area contributed by atoms with Crippen LogP contribution in [0.15, 0.2) is 12.1 Å². The molecule has 0 spiro atoms. The molecule has 1 N–H and O–H groups in total. The molecule has 1 aromatic carbocycles. The van der Waals surface area contributed by atoms with Gasteiger partial charge < -0.3 is 5.32 Å². The maximum absolute atomic E-state index is 13.2. The zero-order valence-corrected chi connectivity index (χ0v) is 9.70. The molecule has 0 radical (unpaired) electrons. The van der Waals surface area contributed by atoms with E-state index in [1.165, 1.54) is 6.07 Å². The van der Waals surface area contributed by atoms with Crippen molar-refractivity contribution in [1.82, 2.24) is 5.32 Å². The van der Waals surface area contributed by atoms with E-state index >= 15 is 0 Å². The predicted octanol–water partition coefficient (Wildman–Crippen LogP) is 3.03. The van der Waals surface area contributed by atoms with Crippen LogP contribution in [0, 0.1) is 17.5 Å². The van der Waals surface area contributed by atoms with Crippen LogP contribution in [0.4, 0.5) is 13.2 Å². The van der Waals surface area contributed by atoms with Crippen molar-refractivity contribution < 1.29 is 13.2 Å². The third-order valence-corrected chi connectivity index (χ3v) is 2.16. The van der Waals surface area contributed by atoms with E-state index in [9.17, 15) is 13.2 Å². The summed E-state index contributed by atoms with van der Waals surface area (Å²) in [4.78, 5) is 0. The van der Waals surface area contributed by atoms with Crippen molar-refractivity contribution in [2.75, 3.05) is 6.54 Å². The highest BCUT2D eigenvalue weighted by Crippen LogP contribution is 2.15. The van der Waals surface area contributed by atoms with E-state index < -0.39 is 17.5 Å².